The average molecular weight is 434 g/mol. The van der Waals surface area contributed by atoms with E-state index in [1.807, 2.05) is 24.3 Å². The molecule has 0 aliphatic heterocycles. The molecule has 4 rings (SSSR count). The third-order valence-electron chi connectivity index (χ3n) is 5.00. The highest BCUT2D eigenvalue weighted by Crippen LogP contribution is 2.19. The second kappa shape index (κ2) is 10.1. The third kappa shape index (κ3) is 5.64. The Morgan fingerprint density at radius 2 is 1.71 bits per heavy atom. The van der Waals surface area contributed by atoms with Crippen molar-refractivity contribution in [1.29, 1.82) is 0 Å². The van der Waals surface area contributed by atoms with Gasteiger partial charge in [0.2, 0.25) is 0 Å². The molecule has 6 heteroatoms. The van der Waals surface area contributed by atoms with Gasteiger partial charge in [0.25, 0.3) is 5.91 Å². The van der Waals surface area contributed by atoms with Gasteiger partial charge in [0, 0.05) is 24.5 Å². The summed E-state index contributed by atoms with van der Waals surface area (Å²) in [6, 6.07) is 25.5. The molecule has 31 heavy (non-hydrogen) atoms. The number of nitrogens with zero attached hydrogens (tertiary/aromatic N) is 2. The van der Waals surface area contributed by atoms with Crippen molar-refractivity contribution in [1.82, 2.24) is 14.9 Å². The van der Waals surface area contributed by atoms with E-state index in [1.54, 1.807) is 24.3 Å². The van der Waals surface area contributed by atoms with E-state index < -0.39 is 0 Å². The lowest BCUT2D eigenvalue weighted by Gasteiger charge is -2.10. The fourth-order valence-electron chi connectivity index (χ4n) is 3.46. The molecular weight excluding hydrogens is 410 g/mol. The highest BCUT2D eigenvalue weighted by atomic mass is 35.5. The van der Waals surface area contributed by atoms with E-state index in [1.165, 1.54) is 5.56 Å². The zero-order valence-electron chi connectivity index (χ0n) is 17.1. The highest BCUT2D eigenvalue weighted by molar-refractivity contribution is 6.30. The third-order valence-corrected chi connectivity index (χ3v) is 5.25. The number of nitrogens with one attached hydrogen (secondary N) is 1. The predicted molar refractivity (Wildman–Crippen MR) is 124 cm³/mol. The molecule has 1 aromatic heterocycles. The summed E-state index contributed by atoms with van der Waals surface area (Å²) in [5, 5.41) is 3.54. The number of hydrogen-bond donors (Lipinski definition) is 1. The summed E-state index contributed by atoms with van der Waals surface area (Å²) in [4.78, 5) is 16.9. The van der Waals surface area contributed by atoms with E-state index in [2.05, 4.69) is 40.2 Å². The molecule has 1 amide bonds. The van der Waals surface area contributed by atoms with Gasteiger partial charge in [-0.05, 0) is 48.4 Å². The van der Waals surface area contributed by atoms with E-state index in [0.29, 0.717) is 17.3 Å². The number of rotatable bonds is 9. The maximum atomic E-state index is 12.1. The molecule has 5 nitrogen and oxygen atoms in total. The smallest absolute Gasteiger partial charge is 0.257 e. The Labute approximate surface area is 186 Å². The van der Waals surface area contributed by atoms with Crippen LogP contribution < -0.4 is 10.1 Å². The molecule has 0 saturated carbocycles. The number of aromatic nitrogens is 2. The van der Waals surface area contributed by atoms with E-state index in [9.17, 15) is 4.79 Å². The summed E-state index contributed by atoms with van der Waals surface area (Å²) in [7, 11) is 0. The van der Waals surface area contributed by atoms with Crippen LogP contribution in [0.2, 0.25) is 5.02 Å². The lowest BCUT2D eigenvalue weighted by Crippen LogP contribution is -2.30. The molecule has 3 aromatic carbocycles. The number of carbonyl (C=O) groups is 1. The van der Waals surface area contributed by atoms with Gasteiger partial charge in [-0.2, -0.15) is 0 Å². The van der Waals surface area contributed by atoms with Crippen LogP contribution in [0.15, 0.2) is 78.9 Å². The molecule has 1 heterocycles. The van der Waals surface area contributed by atoms with E-state index >= 15 is 0 Å². The van der Waals surface area contributed by atoms with Gasteiger partial charge < -0.3 is 14.6 Å². The number of benzene rings is 3. The molecule has 0 bridgehead atoms. The minimum absolute atomic E-state index is 0.0197. The molecule has 0 fully saturated rings. The largest absolute Gasteiger partial charge is 0.484 e. The second-order valence-electron chi connectivity index (χ2n) is 7.28. The minimum atomic E-state index is -0.146. The van der Waals surface area contributed by atoms with Crippen LogP contribution in [0.3, 0.4) is 0 Å². The fourth-order valence-corrected chi connectivity index (χ4v) is 3.59. The number of imidazole rings is 1. The molecular formula is C25H24ClN3O2. The molecule has 158 valence electrons. The van der Waals surface area contributed by atoms with Crippen molar-refractivity contribution in [3.8, 4) is 5.75 Å². The summed E-state index contributed by atoms with van der Waals surface area (Å²) in [6.45, 7) is 1.32. The van der Waals surface area contributed by atoms with Crippen molar-refractivity contribution in [2.24, 2.45) is 0 Å². The Balaban J connectivity index is 1.32. The fraction of sp³-hybridized carbons (Fsp3) is 0.200. The van der Waals surface area contributed by atoms with Crippen molar-refractivity contribution in [2.75, 3.05) is 13.2 Å². The van der Waals surface area contributed by atoms with Crippen LogP contribution in [0.25, 0.3) is 11.0 Å². The van der Waals surface area contributed by atoms with Crippen molar-refractivity contribution >= 4 is 28.5 Å². The van der Waals surface area contributed by atoms with Crippen LogP contribution >= 0.6 is 11.6 Å². The van der Waals surface area contributed by atoms with E-state index in [0.717, 1.165) is 36.2 Å². The standard InChI is InChI=1S/C25H24ClN3O2/c26-20-12-14-21(15-13-20)31-18-25(30)27-16-6-11-24-28-22-9-4-5-10-23(22)29(24)17-19-7-2-1-3-8-19/h1-5,7-10,12-15H,6,11,16-18H2,(H,27,30). The Morgan fingerprint density at radius 1 is 0.968 bits per heavy atom. The summed E-state index contributed by atoms with van der Waals surface area (Å²) in [6.07, 6.45) is 1.57. The number of halogens is 1. The van der Waals surface area contributed by atoms with Crippen LogP contribution in [0.1, 0.15) is 17.8 Å². The first-order valence-electron chi connectivity index (χ1n) is 10.3. The normalized spacial score (nSPS) is 10.9. The number of ether oxygens (including phenoxy) is 1. The van der Waals surface area contributed by atoms with Crippen LogP contribution in [-0.2, 0) is 17.8 Å². The van der Waals surface area contributed by atoms with Crippen molar-refractivity contribution in [3.05, 3.63) is 95.3 Å². The van der Waals surface area contributed by atoms with Gasteiger partial charge >= 0.3 is 0 Å². The van der Waals surface area contributed by atoms with Gasteiger partial charge in [-0.25, -0.2) is 4.98 Å². The number of carbonyl (C=O) groups excluding carboxylic acids is 1. The van der Waals surface area contributed by atoms with Crippen LogP contribution in [0.4, 0.5) is 0 Å². The highest BCUT2D eigenvalue weighted by Gasteiger charge is 2.11. The van der Waals surface area contributed by atoms with E-state index in [-0.39, 0.29) is 12.5 Å². The monoisotopic (exact) mass is 433 g/mol. The van der Waals surface area contributed by atoms with Crippen LogP contribution in [0.5, 0.6) is 5.75 Å². The number of amides is 1. The molecule has 4 aromatic rings. The van der Waals surface area contributed by atoms with Crippen molar-refractivity contribution in [3.63, 3.8) is 0 Å². The molecule has 0 aliphatic carbocycles. The zero-order valence-corrected chi connectivity index (χ0v) is 17.9. The molecule has 0 saturated heterocycles. The van der Waals surface area contributed by atoms with Gasteiger partial charge in [-0.3, -0.25) is 4.79 Å². The summed E-state index contributed by atoms with van der Waals surface area (Å²) >= 11 is 5.85. The van der Waals surface area contributed by atoms with Crippen LogP contribution in [-0.4, -0.2) is 28.6 Å². The number of para-hydroxylation sites is 2. The maximum absolute atomic E-state index is 12.1. The molecule has 0 atom stereocenters. The van der Waals surface area contributed by atoms with Crippen LogP contribution in [0, 0.1) is 0 Å². The molecule has 0 unspecified atom stereocenters. The molecule has 0 radical (unpaired) electrons. The van der Waals surface area contributed by atoms with Gasteiger partial charge in [0.1, 0.15) is 11.6 Å². The predicted octanol–water partition coefficient (Wildman–Crippen LogP) is 4.87. The number of aryl methyl sites for hydroxylation is 1. The van der Waals surface area contributed by atoms with Gasteiger partial charge in [-0.1, -0.05) is 54.1 Å². The maximum Gasteiger partial charge on any atom is 0.257 e. The first kappa shape index (κ1) is 20.9. The number of hydrogen-bond acceptors (Lipinski definition) is 3. The molecule has 0 aliphatic rings. The Hall–Kier alpha value is -3.31. The first-order valence-corrected chi connectivity index (χ1v) is 10.7. The Morgan fingerprint density at radius 3 is 2.52 bits per heavy atom. The second-order valence-corrected chi connectivity index (χ2v) is 7.72. The molecule has 1 N–H and O–H groups in total. The van der Waals surface area contributed by atoms with E-state index in [4.69, 9.17) is 21.3 Å². The van der Waals surface area contributed by atoms with Gasteiger partial charge in [-0.15, -0.1) is 0 Å². The minimum Gasteiger partial charge on any atom is -0.484 e. The summed E-state index contributed by atoms with van der Waals surface area (Å²) < 4.78 is 7.74. The lowest BCUT2D eigenvalue weighted by atomic mass is 10.2. The SMILES string of the molecule is O=C(COc1ccc(Cl)cc1)NCCCc1nc2ccccc2n1Cc1ccccc1. The first-order chi connectivity index (χ1) is 15.2. The molecule has 0 spiro atoms. The number of fused-ring (bicyclic) bond motifs is 1. The van der Waals surface area contributed by atoms with Crippen molar-refractivity contribution < 1.29 is 9.53 Å². The topological polar surface area (TPSA) is 56.1 Å². The summed E-state index contributed by atoms with van der Waals surface area (Å²) in [5.41, 5.74) is 3.36. The Kier molecular flexibility index (Phi) is 6.85. The quantitative estimate of drug-likeness (QED) is 0.383. The zero-order chi connectivity index (χ0) is 21.5. The lowest BCUT2D eigenvalue weighted by molar-refractivity contribution is -0.123. The average Bonchev–Trinajstić information content (AvgIpc) is 3.14. The van der Waals surface area contributed by atoms with Gasteiger partial charge in [0.05, 0.1) is 11.0 Å². The van der Waals surface area contributed by atoms with Gasteiger partial charge in [0.15, 0.2) is 6.61 Å². The van der Waals surface area contributed by atoms with Crippen molar-refractivity contribution in [2.45, 2.75) is 19.4 Å². The Bertz CT molecular complexity index is 1140. The summed E-state index contributed by atoms with van der Waals surface area (Å²) in [5.74, 6) is 1.50.